The molecule has 11 nitrogen and oxygen atoms in total. The van der Waals surface area contributed by atoms with Crippen molar-refractivity contribution in [2.45, 2.75) is 25.7 Å². The zero-order valence-electron chi connectivity index (χ0n) is 26.0. The number of benzene rings is 3. The second kappa shape index (κ2) is 13.6. The van der Waals surface area contributed by atoms with Crippen LogP contribution in [0.5, 0.6) is 23.0 Å². The Morgan fingerprint density at radius 3 is 2.15 bits per heavy atom. The first-order valence-electron chi connectivity index (χ1n) is 15.5. The molecule has 1 aliphatic heterocycles. The molecule has 1 aromatic heterocycles. The van der Waals surface area contributed by atoms with Gasteiger partial charge in [0.1, 0.15) is 22.7 Å². The van der Waals surface area contributed by atoms with Crippen molar-refractivity contribution in [2.75, 3.05) is 44.0 Å². The Hall–Kier alpha value is -5.23. The number of aromatic nitrogens is 1. The lowest BCUT2D eigenvalue weighted by Crippen LogP contribution is -2.40. The van der Waals surface area contributed by atoms with Crippen LogP contribution in [0.4, 0.5) is 15.8 Å². The number of carbonyl (C=O) groups excluding carboxylic acids is 3. The van der Waals surface area contributed by atoms with Crippen molar-refractivity contribution in [2.24, 2.45) is 17.1 Å². The predicted octanol–water partition coefficient (Wildman–Crippen LogP) is 5.11. The van der Waals surface area contributed by atoms with Crippen molar-refractivity contribution in [3.8, 4) is 23.0 Å². The summed E-state index contributed by atoms with van der Waals surface area (Å²) >= 11 is 0. The maximum atomic E-state index is 13.2. The number of nitrogens with zero attached hydrogens (tertiary/aromatic N) is 2. The van der Waals surface area contributed by atoms with Crippen LogP contribution in [0, 0.1) is 17.2 Å². The number of fused-ring (bicyclic) bond motifs is 1. The Morgan fingerprint density at radius 2 is 1.55 bits per heavy atom. The van der Waals surface area contributed by atoms with E-state index in [1.165, 1.54) is 24.3 Å². The van der Waals surface area contributed by atoms with Gasteiger partial charge in [0.15, 0.2) is 11.5 Å². The van der Waals surface area contributed by atoms with Gasteiger partial charge in [-0.1, -0.05) is 0 Å². The van der Waals surface area contributed by atoms with Crippen molar-refractivity contribution in [1.29, 1.82) is 0 Å². The van der Waals surface area contributed by atoms with Crippen molar-refractivity contribution >= 4 is 40.0 Å². The van der Waals surface area contributed by atoms with Crippen LogP contribution in [0.1, 0.15) is 25.7 Å². The van der Waals surface area contributed by atoms with E-state index < -0.39 is 23.0 Å². The zero-order valence-corrected chi connectivity index (χ0v) is 26.0. The standard InChI is InChI=1S/C35H36FN5O6/c1-45-30-18-27-28(19-31(30)46-21-22-11-16-41(17-12-22)20-32(37)42)38-15-10-29(27)47-26-8-6-25(7-9-26)40-34(44)35(13-14-35)33(43)39-24-4-2-23(36)3-5-24/h2-10,15,18-19,22H,11-14,16-17,20-21H2,1H3,(H2,37,42)(H,39,43)(H,40,44). The minimum absolute atomic E-state index is 0.282. The van der Waals surface area contributed by atoms with Gasteiger partial charge < -0.3 is 30.6 Å². The van der Waals surface area contributed by atoms with Crippen LogP contribution in [0.15, 0.2) is 72.9 Å². The molecule has 0 bridgehead atoms. The SMILES string of the molecule is COc1cc2c(Oc3ccc(NC(=O)C4(C(=O)Nc5ccc(F)cc5)CC4)cc3)ccnc2cc1OCC1CCN(CC(N)=O)CC1. The van der Waals surface area contributed by atoms with E-state index in [0.717, 1.165) is 31.3 Å². The van der Waals surface area contributed by atoms with Crippen molar-refractivity contribution < 1.29 is 33.0 Å². The topological polar surface area (TPSA) is 145 Å². The number of piperidine rings is 1. The molecule has 3 amide bonds. The van der Waals surface area contributed by atoms with Gasteiger partial charge in [-0.2, -0.15) is 0 Å². The number of likely N-dealkylation sites (tertiary alicyclic amines) is 1. The van der Waals surface area contributed by atoms with Crippen molar-refractivity contribution in [3.63, 3.8) is 0 Å². The highest BCUT2D eigenvalue weighted by atomic mass is 19.1. The number of amides is 3. The minimum atomic E-state index is -1.16. The molecule has 0 atom stereocenters. The Balaban J connectivity index is 1.07. The number of ether oxygens (including phenoxy) is 3. The number of nitrogens with one attached hydrogen (secondary N) is 2. The third-order valence-corrected chi connectivity index (χ3v) is 8.61. The molecule has 244 valence electrons. The molecule has 2 aliphatic rings. The molecule has 0 spiro atoms. The van der Waals surface area contributed by atoms with Crippen LogP contribution in [0.25, 0.3) is 10.9 Å². The number of hydrogen-bond donors (Lipinski definition) is 3. The van der Waals surface area contributed by atoms with E-state index in [2.05, 4.69) is 20.5 Å². The van der Waals surface area contributed by atoms with E-state index in [-0.39, 0.29) is 12.5 Å². The van der Waals surface area contributed by atoms with Crippen LogP contribution in [0.3, 0.4) is 0 Å². The predicted molar refractivity (Wildman–Crippen MR) is 174 cm³/mol. The Kier molecular flexibility index (Phi) is 9.21. The molecule has 2 fully saturated rings. The average molecular weight is 642 g/mol. The lowest BCUT2D eigenvalue weighted by Gasteiger charge is -2.31. The van der Waals surface area contributed by atoms with Crippen LogP contribution >= 0.6 is 0 Å². The molecule has 6 rings (SSSR count). The summed E-state index contributed by atoms with van der Waals surface area (Å²) in [5.74, 6) is 1.05. The van der Waals surface area contributed by atoms with Crippen LogP contribution in [0.2, 0.25) is 0 Å². The molecule has 12 heteroatoms. The summed E-state index contributed by atoms with van der Waals surface area (Å²) in [6.45, 7) is 2.41. The van der Waals surface area contributed by atoms with E-state index in [1.807, 2.05) is 12.1 Å². The van der Waals surface area contributed by atoms with Gasteiger partial charge in [-0.25, -0.2) is 4.39 Å². The first-order chi connectivity index (χ1) is 22.7. The third kappa shape index (κ3) is 7.44. The molecular weight excluding hydrogens is 605 g/mol. The largest absolute Gasteiger partial charge is 0.493 e. The number of hydrogen-bond acceptors (Lipinski definition) is 8. The fourth-order valence-electron chi connectivity index (χ4n) is 5.68. The summed E-state index contributed by atoms with van der Waals surface area (Å²) in [7, 11) is 1.58. The Labute approximate surface area is 271 Å². The quantitative estimate of drug-likeness (QED) is 0.181. The molecule has 47 heavy (non-hydrogen) atoms. The number of primary amides is 1. The molecule has 0 unspecified atom stereocenters. The molecule has 1 saturated carbocycles. The molecule has 2 heterocycles. The Morgan fingerprint density at radius 1 is 0.915 bits per heavy atom. The smallest absolute Gasteiger partial charge is 0.240 e. The maximum absolute atomic E-state index is 13.2. The second-order valence-electron chi connectivity index (χ2n) is 11.9. The number of anilines is 2. The first-order valence-corrected chi connectivity index (χ1v) is 15.5. The van der Waals surface area contributed by atoms with E-state index >= 15 is 0 Å². The fraction of sp³-hybridized carbons (Fsp3) is 0.314. The lowest BCUT2D eigenvalue weighted by molar-refractivity contribution is -0.131. The normalized spacial score (nSPS) is 15.9. The van der Waals surface area contributed by atoms with Gasteiger partial charge in [0.05, 0.1) is 25.8 Å². The highest BCUT2D eigenvalue weighted by Gasteiger charge is 2.56. The van der Waals surface area contributed by atoms with Crippen molar-refractivity contribution in [1.82, 2.24) is 9.88 Å². The summed E-state index contributed by atoms with van der Waals surface area (Å²) in [4.78, 5) is 43.7. The Bertz CT molecular complexity index is 1770. The van der Waals surface area contributed by atoms with Gasteiger partial charge in [0.2, 0.25) is 17.7 Å². The van der Waals surface area contributed by atoms with E-state index in [0.29, 0.717) is 65.3 Å². The molecule has 1 aliphatic carbocycles. The van der Waals surface area contributed by atoms with Crippen LogP contribution < -0.4 is 30.6 Å². The van der Waals surface area contributed by atoms with E-state index in [9.17, 15) is 18.8 Å². The van der Waals surface area contributed by atoms with Crippen molar-refractivity contribution in [3.05, 3.63) is 78.7 Å². The zero-order chi connectivity index (χ0) is 33.0. The molecule has 4 aromatic rings. The number of carbonyl (C=O) groups is 3. The van der Waals surface area contributed by atoms with Crippen LogP contribution in [-0.2, 0) is 14.4 Å². The lowest BCUT2D eigenvalue weighted by atomic mass is 9.98. The number of rotatable bonds is 12. The summed E-state index contributed by atoms with van der Waals surface area (Å²) in [5, 5.41) is 6.27. The molecular formula is C35H36FN5O6. The summed E-state index contributed by atoms with van der Waals surface area (Å²) in [5.41, 5.74) is 5.78. The van der Waals surface area contributed by atoms with Gasteiger partial charge in [0, 0.05) is 29.0 Å². The van der Waals surface area contributed by atoms with E-state index in [1.54, 1.807) is 43.6 Å². The maximum Gasteiger partial charge on any atom is 0.240 e. The molecule has 4 N–H and O–H groups in total. The molecule has 0 radical (unpaired) electrons. The van der Waals surface area contributed by atoms with Gasteiger partial charge in [-0.3, -0.25) is 24.3 Å². The highest BCUT2D eigenvalue weighted by Crippen LogP contribution is 2.47. The van der Waals surface area contributed by atoms with Crippen LogP contribution in [-0.4, -0.2) is 61.0 Å². The number of methoxy groups -OCH3 is 1. The van der Waals surface area contributed by atoms with Gasteiger partial charge in [-0.05, 0) is 105 Å². The van der Waals surface area contributed by atoms with Gasteiger partial charge >= 0.3 is 0 Å². The first kappa shape index (κ1) is 31.7. The fourth-order valence-corrected chi connectivity index (χ4v) is 5.68. The molecule has 3 aromatic carbocycles. The highest BCUT2D eigenvalue weighted by molar-refractivity contribution is 6.16. The van der Waals surface area contributed by atoms with E-state index in [4.69, 9.17) is 19.9 Å². The number of nitrogens with two attached hydrogens (primary N) is 1. The second-order valence-corrected chi connectivity index (χ2v) is 11.9. The number of halogens is 1. The summed E-state index contributed by atoms with van der Waals surface area (Å²) in [6.07, 6.45) is 4.33. The average Bonchev–Trinajstić information content (AvgIpc) is 3.89. The van der Waals surface area contributed by atoms with Gasteiger partial charge in [0.25, 0.3) is 0 Å². The number of pyridine rings is 1. The minimum Gasteiger partial charge on any atom is -0.493 e. The summed E-state index contributed by atoms with van der Waals surface area (Å²) < 4.78 is 31.2. The third-order valence-electron chi connectivity index (χ3n) is 8.61. The van der Waals surface area contributed by atoms with Gasteiger partial charge in [-0.15, -0.1) is 0 Å². The molecule has 1 saturated heterocycles. The summed E-state index contributed by atoms with van der Waals surface area (Å²) in [6, 6.07) is 17.7. The monoisotopic (exact) mass is 641 g/mol.